The molecule has 1 heterocycles. The van der Waals surface area contributed by atoms with Crippen LogP contribution < -0.4 is 5.63 Å². The standard InChI is InChI=1S/C21H12ClNO6/c22-17-7-6-14(23(26)27)10-16(17)21(25)28-11-13-9-19(24)29-18-8-5-12-3-1-2-4-15(12)20(13)18/h1-10H,11H2. The van der Waals surface area contributed by atoms with E-state index in [9.17, 15) is 19.7 Å². The first-order valence-electron chi connectivity index (χ1n) is 8.49. The fraction of sp³-hybridized carbons (Fsp3) is 0.0476. The molecule has 29 heavy (non-hydrogen) atoms. The lowest BCUT2D eigenvalue weighted by Gasteiger charge is -2.10. The molecule has 144 valence electrons. The summed E-state index contributed by atoms with van der Waals surface area (Å²) in [6.07, 6.45) is 0. The van der Waals surface area contributed by atoms with Gasteiger partial charge in [0.1, 0.15) is 12.2 Å². The molecule has 0 aliphatic rings. The predicted octanol–water partition coefficient (Wildman–Crippen LogP) is 4.86. The van der Waals surface area contributed by atoms with Gasteiger partial charge in [-0.25, -0.2) is 9.59 Å². The Bertz CT molecular complexity index is 1340. The lowest BCUT2D eigenvalue weighted by molar-refractivity contribution is -0.384. The third-order valence-electron chi connectivity index (χ3n) is 4.45. The van der Waals surface area contributed by atoms with Crippen molar-refractivity contribution in [2.75, 3.05) is 0 Å². The van der Waals surface area contributed by atoms with Crippen LogP contribution in [0, 0.1) is 10.1 Å². The number of hydrogen-bond acceptors (Lipinski definition) is 6. The summed E-state index contributed by atoms with van der Waals surface area (Å²) in [7, 11) is 0. The van der Waals surface area contributed by atoms with Gasteiger partial charge in [-0.1, -0.05) is 41.9 Å². The van der Waals surface area contributed by atoms with Crippen LogP contribution in [0.5, 0.6) is 0 Å². The van der Waals surface area contributed by atoms with Gasteiger partial charge in [-0.05, 0) is 22.9 Å². The van der Waals surface area contributed by atoms with Crippen molar-refractivity contribution in [2.24, 2.45) is 0 Å². The molecule has 1 aromatic heterocycles. The number of non-ortho nitro benzene ring substituents is 1. The van der Waals surface area contributed by atoms with Crippen molar-refractivity contribution in [1.82, 2.24) is 0 Å². The van der Waals surface area contributed by atoms with Crippen molar-refractivity contribution in [3.63, 3.8) is 0 Å². The van der Waals surface area contributed by atoms with Gasteiger partial charge >= 0.3 is 11.6 Å². The topological polar surface area (TPSA) is 99.7 Å². The number of nitrogens with zero attached hydrogens (tertiary/aromatic N) is 1. The Balaban J connectivity index is 1.73. The van der Waals surface area contributed by atoms with Crippen LogP contribution in [0.4, 0.5) is 5.69 Å². The number of fused-ring (bicyclic) bond motifs is 3. The molecule has 0 unspecified atom stereocenters. The highest BCUT2D eigenvalue weighted by Gasteiger charge is 2.18. The predicted molar refractivity (Wildman–Crippen MR) is 107 cm³/mol. The van der Waals surface area contributed by atoms with E-state index in [-0.39, 0.29) is 22.9 Å². The summed E-state index contributed by atoms with van der Waals surface area (Å²) in [5, 5.41) is 13.4. The van der Waals surface area contributed by atoms with Gasteiger partial charge < -0.3 is 9.15 Å². The highest BCUT2D eigenvalue weighted by Crippen LogP contribution is 2.28. The molecule has 0 atom stereocenters. The Hall–Kier alpha value is -3.71. The number of nitro benzene ring substituents is 1. The molecule has 0 amide bonds. The maximum absolute atomic E-state index is 12.5. The number of hydrogen-bond donors (Lipinski definition) is 0. The zero-order chi connectivity index (χ0) is 20.5. The van der Waals surface area contributed by atoms with Crippen LogP contribution in [0.15, 0.2) is 69.9 Å². The largest absolute Gasteiger partial charge is 0.457 e. The molecule has 0 saturated carbocycles. The summed E-state index contributed by atoms with van der Waals surface area (Å²) in [6, 6.07) is 15.8. The van der Waals surface area contributed by atoms with Crippen molar-refractivity contribution in [1.29, 1.82) is 0 Å². The number of ether oxygens (including phenoxy) is 1. The zero-order valence-corrected chi connectivity index (χ0v) is 15.5. The molecule has 0 saturated heterocycles. The van der Waals surface area contributed by atoms with E-state index in [0.717, 1.165) is 16.8 Å². The minimum absolute atomic E-state index is 0.0310. The van der Waals surface area contributed by atoms with E-state index in [2.05, 4.69) is 0 Å². The first-order chi connectivity index (χ1) is 13.9. The molecule has 0 bridgehead atoms. The Kier molecular flexibility index (Phi) is 4.74. The molecule has 0 aliphatic carbocycles. The van der Waals surface area contributed by atoms with Gasteiger partial charge in [0.05, 0.1) is 15.5 Å². The fourth-order valence-electron chi connectivity index (χ4n) is 3.14. The van der Waals surface area contributed by atoms with Crippen LogP contribution in [0.1, 0.15) is 15.9 Å². The maximum atomic E-state index is 12.5. The van der Waals surface area contributed by atoms with E-state index >= 15 is 0 Å². The molecule has 3 aromatic carbocycles. The van der Waals surface area contributed by atoms with E-state index in [0.29, 0.717) is 16.5 Å². The quantitative estimate of drug-likeness (QED) is 0.157. The number of carbonyl (C=O) groups excluding carboxylic acids is 1. The zero-order valence-electron chi connectivity index (χ0n) is 14.8. The molecular formula is C21H12ClNO6. The smallest absolute Gasteiger partial charge is 0.340 e. The maximum Gasteiger partial charge on any atom is 0.340 e. The number of benzene rings is 3. The number of rotatable bonds is 4. The summed E-state index contributed by atoms with van der Waals surface area (Å²) in [6.45, 7) is -0.228. The first-order valence-corrected chi connectivity index (χ1v) is 8.87. The molecule has 4 aromatic rings. The second-order valence-electron chi connectivity index (χ2n) is 6.25. The Morgan fingerprint density at radius 3 is 2.69 bits per heavy atom. The number of esters is 1. The average Bonchev–Trinajstić information content (AvgIpc) is 2.71. The second-order valence-corrected chi connectivity index (χ2v) is 6.66. The average molecular weight is 410 g/mol. The Labute approximate surface area is 168 Å². The number of halogens is 1. The third kappa shape index (κ3) is 3.55. The Morgan fingerprint density at radius 2 is 1.90 bits per heavy atom. The van der Waals surface area contributed by atoms with Crippen LogP contribution in [0.3, 0.4) is 0 Å². The van der Waals surface area contributed by atoms with Crippen molar-refractivity contribution in [3.8, 4) is 0 Å². The Morgan fingerprint density at radius 1 is 1.10 bits per heavy atom. The monoisotopic (exact) mass is 409 g/mol. The first kappa shape index (κ1) is 18.6. The van der Waals surface area contributed by atoms with Gasteiger partial charge in [0.15, 0.2) is 0 Å². The van der Waals surface area contributed by atoms with Gasteiger partial charge in [0, 0.05) is 29.1 Å². The normalized spacial score (nSPS) is 10.9. The lowest BCUT2D eigenvalue weighted by Crippen LogP contribution is -2.09. The molecule has 0 fully saturated rings. The third-order valence-corrected chi connectivity index (χ3v) is 4.78. The molecule has 7 nitrogen and oxygen atoms in total. The highest BCUT2D eigenvalue weighted by molar-refractivity contribution is 6.33. The van der Waals surface area contributed by atoms with Crippen LogP contribution in [-0.4, -0.2) is 10.9 Å². The van der Waals surface area contributed by atoms with Crippen LogP contribution in [-0.2, 0) is 11.3 Å². The van der Waals surface area contributed by atoms with E-state index in [4.69, 9.17) is 20.8 Å². The SMILES string of the molecule is O=C(OCc1cc(=O)oc2ccc3ccccc3c12)c1cc([N+](=O)[O-])ccc1Cl. The minimum Gasteiger partial charge on any atom is -0.457 e. The molecule has 0 N–H and O–H groups in total. The van der Waals surface area contributed by atoms with Crippen molar-refractivity contribution >= 4 is 45.0 Å². The molecular weight excluding hydrogens is 398 g/mol. The lowest BCUT2D eigenvalue weighted by atomic mass is 10.0. The van der Waals surface area contributed by atoms with E-state index in [1.807, 2.05) is 30.3 Å². The minimum atomic E-state index is -0.833. The summed E-state index contributed by atoms with van der Waals surface area (Å²) in [5.74, 6) is -0.833. The van der Waals surface area contributed by atoms with Gasteiger partial charge in [0.2, 0.25) is 0 Å². The summed E-state index contributed by atoms with van der Waals surface area (Å²) < 4.78 is 10.6. The van der Waals surface area contributed by atoms with Crippen LogP contribution in [0.2, 0.25) is 5.02 Å². The number of carbonyl (C=O) groups is 1. The van der Waals surface area contributed by atoms with Gasteiger partial charge in [0.25, 0.3) is 5.69 Å². The van der Waals surface area contributed by atoms with E-state index in [1.165, 1.54) is 18.2 Å². The van der Waals surface area contributed by atoms with Gasteiger partial charge in [-0.15, -0.1) is 0 Å². The number of nitro groups is 1. The molecule has 0 radical (unpaired) electrons. The van der Waals surface area contributed by atoms with Gasteiger partial charge in [-0.3, -0.25) is 10.1 Å². The van der Waals surface area contributed by atoms with E-state index in [1.54, 1.807) is 6.07 Å². The second kappa shape index (κ2) is 7.37. The van der Waals surface area contributed by atoms with E-state index < -0.39 is 16.5 Å². The van der Waals surface area contributed by atoms with Crippen LogP contribution >= 0.6 is 11.6 Å². The van der Waals surface area contributed by atoms with Crippen molar-refractivity contribution in [3.05, 3.63) is 97.3 Å². The molecule has 4 rings (SSSR count). The van der Waals surface area contributed by atoms with Crippen molar-refractivity contribution < 1.29 is 18.9 Å². The molecule has 0 spiro atoms. The van der Waals surface area contributed by atoms with Crippen molar-refractivity contribution in [2.45, 2.75) is 6.61 Å². The summed E-state index contributed by atoms with van der Waals surface area (Å²) in [5.41, 5.74) is -0.151. The summed E-state index contributed by atoms with van der Waals surface area (Å²) in [4.78, 5) is 34.7. The molecule has 0 aliphatic heterocycles. The van der Waals surface area contributed by atoms with Crippen LogP contribution in [0.25, 0.3) is 21.7 Å². The highest BCUT2D eigenvalue weighted by atomic mass is 35.5. The van der Waals surface area contributed by atoms with Gasteiger partial charge in [-0.2, -0.15) is 0 Å². The fourth-order valence-corrected chi connectivity index (χ4v) is 3.33. The molecule has 8 heteroatoms. The summed E-state index contributed by atoms with van der Waals surface area (Å²) >= 11 is 5.99.